The zero-order valence-electron chi connectivity index (χ0n) is 10.4. The molecule has 6 heteroatoms. The van der Waals surface area contributed by atoms with Crippen molar-refractivity contribution >= 4 is 28.9 Å². The first kappa shape index (κ1) is 14.1. The number of aldehydes is 1. The van der Waals surface area contributed by atoms with Crippen LogP contribution in [-0.2, 0) is 20.6 Å². The smallest absolute Gasteiger partial charge is 0.288 e. The van der Waals surface area contributed by atoms with Gasteiger partial charge in [0.15, 0.2) is 0 Å². The van der Waals surface area contributed by atoms with E-state index >= 15 is 0 Å². The lowest BCUT2D eigenvalue weighted by molar-refractivity contribution is -0.127. The minimum Gasteiger partial charge on any atom is -0.320 e. The van der Waals surface area contributed by atoms with E-state index in [0.29, 0.717) is 10.6 Å². The van der Waals surface area contributed by atoms with E-state index < -0.39 is 16.9 Å². The highest BCUT2D eigenvalue weighted by molar-refractivity contribution is 7.82. The molecule has 0 spiro atoms. The number of nitrogens with one attached hydrogen (secondary N) is 1. The van der Waals surface area contributed by atoms with Crippen LogP contribution in [0.2, 0.25) is 0 Å². The number of hydrogen-bond donors (Lipinski definition) is 2. The minimum atomic E-state index is -1.57. The van der Waals surface area contributed by atoms with E-state index in [-0.39, 0.29) is 6.29 Å². The second-order valence-electron chi connectivity index (χ2n) is 3.98. The molecule has 2 rings (SSSR count). The molecular weight excluding hydrogens is 276 g/mol. The first-order chi connectivity index (χ1) is 9.61. The molecule has 3 N–H and O–H groups in total. The normalized spacial score (nSPS) is 11.7. The number of amides is 1. The topological polar surface area (TPSA) is 89.3 Å². The van der Waals surface area contributed by atoms with Crippen LogP contribution in [-0.4, -0.2) is 16.4 Å². The van der Waals surface area contributed by atoms with E-state index in [9.17, 15) is 13.8 Å². The molecule has 1 unspecified atom stereocenters. The standard InChI is InChI=1S/C14H12N2O3S/c15-20(19)13-4-2-1-3-12(13)10-5-7-11(8-6-10)16-14(18)9-17/h1-9H,15H2,(H,16,18). The average Bonchev–Trinajstić information content (AvgIpc) is 2.48. The lowest BCUT2D eigenvalue weighted by atomic mass is 10.1. The predicted octanol–water partition coefficient (Wildman–Crippen LogP) is 1.47. The first-order valence-corrected chi connectivity index (χ1v) is 6.95. The molecule has 0 aromatic heterocycles. The molecule has 1 atom stereocenters. The largest absolute Gasteiger partial charge is 0.320 e. The molecule has 0 saturated heterocycles. The van der Waals surface area contributed by atoms with Crippen LogP contribution in [0.3, 0.4) is 0 Å². The highest BCUT2D eigenvalue weighted by Crippen LogP contribution is 2.26. The Morgan fingerprint density at radius 2 is 1.75 bits per heavy atom. The molecule has 0 aliphatic heterocycles. The monoisotopic (exact) mass is 288 g/mol. The maximum Gasteiger partial charge on any atom is 0.288 e. The Morgan fingerprint density at radius 3 is 2.35 bits per heavy atom. The summed E-state index contributed by atoms with van der Waals surface area (Å²) in [6, 6.07) is 13.9. The van der Waals surface area contributed by atoms with Gasteiger partial charge in [0.05, 0.1) is 4.90 Å². The van der Waals surface area contributed by atoms with Crippen molar-refractivity contribution in [2.24, 2.45) is 5.14 Å². The van der Waals surface area contributed by atoms with E-state index in [1.807, 2.05) is 12.1 Å². The second kappa shape index (κ2) is 6.23. The summed E-state index contributed by atoms with van der Waals surface area (Å²) in [6.45, 7) is 0. The lowest BCUT2D eigenvalue weighted by Crippen LogP contribution is -2.11. The Hall–Kier alpha value is -2.31. The van der Waals surface area contributed by atoms with Crippen LogP contribution in [0.4, 0.5) is 5.69 Å². The summed E-state index contributed by atoms with van der Waals surface area (Å²) in [6.07, 6.45) is 0.209. The van der Waals surface area contributed by atoms with Gasteiger partial charge in [-0.1, -0.05) is 30.3 Å². The molecule has 102 valence electrons. The van der Waals surface area contributed by atoms with Crippen molar-refractivity contribution in [1.29, 1.82) is 0 Å². The molecule has 0 heterocycles. The fraction of sp³-hybridized carbons (Fsp3) is 0. The molecule has 0 bridgehead atoms. The van der Waals surface area contributed by atoms with Crippen molar-refractivity contribution < 1.29 is 13.8 Å². The molecule has 0 aliphatic rings. The van der Waals surface area contributed by atoms with Gasteiger partial charge in [-0.15, -0.1) is 0 Å². The van der Waals surface area contributed by atoms with Crippen LogP contribution in [0.5, 0.6) is 0 Å². The summed E-state index contributed by atoms with van der Waals surface area (Å²) >= 11 is 0. The van der Waals surface area contributed by atoms with Crippen molar-refractivity contribution in [2.45, 2.75) is 4.90 Å². The van der Waals surface area contributed by atoms with Crippen molar-refractivity contribution in [2.75, 3.05) is 5.32 Å². The van der Waals surface area contributed by atoms with Gasteiger partial charge in [-0.2, -0.15) is 0 Å². The molecule has 0 radical (unpaired) electrons. The number of benzene rings is 2. The summed E-state index contributed by atoms with van der Waals surface area (Å²) in [5.74, 6) is -0.707. The Morgan fingerprint density at radius 1 is 1.10 bits per heavy atom. The molecule has 0 aliphatic carbocycles. The number of carbonyl (C=O) groups excluding carboxylic acids is 2. The van der Waals surface area contributed by atoms with Gasteiger partial charge in [0.2, 0.25) is 6.29 Å². The van der Waals surface area contributed by atoms with E-state index in [2.05, 4.69) is 5.32 Å². The van der Waals surface area contributed by atoms with Gasteiger partial charge in [0.1, 0.15) is 11.0 Å². The maximum absolute atomic E-state index is 11.5. The molecule has 0 saturated carbocycles. The predicted molar refractivity (Wildman–Crippen MR) is 77.2 cm³/mol. The number of nitrogens with two attached hydrogens (primary N) is 1. The van der Waals surface area contributed by atoms with Crippen molar-refractivity contribution in [3.05, 3.63) is 48.5 Å². The maximum atomic E-state index is 11.5. The van der Waals surface area contributed by atoms with Gasteiger partial charge < -0.3 is 5.32 Å². The van der Waals surface area contributed by atoms with Crippen molar-refractivity contribution in [3.8, 4) is 11.1 Å². The number of rotatable bonds is 4. The second-order valence-corrected chi connectivity index (χ2v) is 5.01. The molecule has 0 fully saturated rings. The quantitative estimate of drug-likeness (QED) is 0.659. The third-order valence-corrected chi connectivity index (χ3v) is 3.46. The summed E-state index contributed by atoms with van der Waals surface area (Å²) in [5, 5.41) is 7.86. The highest BCUT2D eigenvalue weighted by atomic mass is 32.2. The average molecular weight is 288 g/mol. The fourth-order valence-electron chi connectivity index (χ4n) is 1.79. The van der Waals surface area contributed by atoms with Gasteiger partial charge in [0, 0.05) is 5.69 Å². The summed E-state index contributed by atoms with van der Waals surface area (Å²) in [7, 11) is -1.57. The van der Waals surface area contributed by atoms with Crippen LogP contribution in [0.1, 0.15) is 0 Å². The van der Waals surface area contributed by atoms with E-state index in [1.165, 1.54) is 0 Å². The fourth-order valence-corrected chi connectivity index (χ4v) is 2.40. The molecule has 20 heavy (non-hydrogen) atoms. The van der Waals surface area contributed by atoms with Gasteiger partial charge in [-0.05, 0) is 29.3 Å². The van der Waals surface area contributed by atoms with Crippen LogP contribution >= 0.6 is 0 Å². The number of anilines is 1. The highest BCUT2D eigenvalue weighted by Gasteiger charge is 2.08. The molecule has 1 amide bonds. The SMILES string of the molecule is NS(=O)c1ccccc1-c1ccc(NC(=O)C=O)cc1. The number of carbonyl (C=O) groups is 2. The molecule has 2 aromatic carbocycles. The molecule has 5 nitrogen and oxygen atoms in total. The summed E-state index contributed by atoms with van der Waals surface area (Å²) < 4.78 is 11.5. The van der Waals surface area contributed by atoms with Crippen LogP contribution < -0.4 is 10.5 Å². The molecular formula is C14H12N2O3S. The van der Waals surface area contributed by atoms with Crippen molar-refractivity contribution in [1.82, 2.24) is 0 Å². The lowest BCUT2D eigenvalue weighted by Gasteiger charge is -2.08. The summed E-state index contributed by atoms with van der Waals surface area (Å²) in [5.41, 5.74) is 2.10. The third kappa shape index (κ3) is 3.17. The first-order valence-electron chi connectivity index (χ1n) is 5.73. The number of hydrogen-bond acceptors (Lipinski definition) is 3. The summed E-state index contributed by atoms with van der Waals surface area (Å²) in [4.78, 5) is 21.7. The van der Waals surface area contributed by atoms with Gasteiger partial charge in [-0.25, -0.2) is 9.35 Å². The van der Waals surface area contributed by atoms with Crippen molar-refractivity contribution in [3.63, 3.8) is 0 Å². The van der Waals surface area contributed by atoms with E-state index in [4.69, 9.17) is 5.14 Å². The van der Waals surface area contributed by atoms with Gasteiger partial charge in [0.25, 0.3) is 5.91 Å². The minimum absolute atomic E-state index is 0.209. The molecule has 2 aromatic rings. The Bertz CT molecular complexity index is 668. The van der Waals surface area contributed by atoms with E-state index in [0.717, 1.165) is 11.1 Å². The zero-order chi connectivity index (χ0) is 14.5. The van der Waals surface area contributed by atoms with Crippen LogP contribution in [0.25, 0.3) is 11.1 Å². The Kier molecular flexibility index (Phi) is 4.39. The van der Waals surface area contributed by atoms with Crippen LogP contribution in [0.15, 0.2) is 53.4 Å². The van der Waals surface area contributed by atoms with Gasteiger partial charge in [-0.3, -0.25) is 9.59 Å². The third-order valence-electron chi connectivity index (χ3n) is 2.67. The van der Waals surface area contributed by atoms with Gasteiger partial charge >= 0.3 is 0 Å². The van der Waals surface area contributed by atoms with E-state index in [1.54, 1.807) is 36.4 Å². The Balaban J connectivity index is 2.33. The van der Waals surface area contributed by atoms with Crippen LogP contribution in [0, 0.1) is 0 Å². The Labute approximate surface area is 118 Å². The zero-order valence-corrected chi connectivity index (χ0v) is 11.2.